The largest absolute Gasteiger partial charge is 0.323 e. The van der Waals surface area contributed by atoms with Crippen molar-refractivity contribution in [2.45, 2.75) is 38.8 Å². The molecule has 3 nitrogen and oxygen atoms in total. The zero-order valence-electron chi connectivity index (χ0n) is 13.3. The van der Waals surface area contributed by atoms with Crippen LogP contribution in [-0.2, 0) is 0 Å². The van der Waals surface area contributed by atoms with Crippen molar-refractivity contribution < 1.29 is 0 Å². The molecule has 1 saturated heterocycles. The number of rotatable bonds is 4. The van der Waals surface area contributed by atoms with Crippen molar-refractivity contribution in [2.24, 2.45) is 5.73 Å². The first-order valence-electron chi connectivity index (χ1n) is 7.75. The molecule has 0 aromatic heterocycles. The molecule has 1 heterocycles. The van der Waals surface area contributed by atoms with Crippen LogP contribution in [0.2, 0.25) is 0 Å². The molecule has 0 radical (unpaired) electrons. The lowest BCUT2D eigenvalue weighted by atomic mass is 9.99. The molecule has 1 fully saturated rings. The fraction of sp³-hybridized carbons (Fsp3) is 0.647. The number of nitrogens with two attached hydrogens (primary N) is 1. The summed E-state index contributed by atoms with van der Waals surface area (Å²) in [6.07, 6.45) is 0. The minimum atomic E-state index is 0.117. The first kappa shape index (κ1) is 15.5. The lowest BCUT2D eigenvalue weighted by molar-refractivity contribution is 0.100. The molecule has 0 saturated carbocycles. The van der Waals surface area contributed by atoms with Gasteiger partial charge in [0.25, 0.3) is 0 Å². The number of hydrogen-bond acceptors (Lipinski definition) is 3. The van der Waals surface area contributed by atoms with E-state index >= 15 is 0 Å². The highest BCUT2D eigenvalue weighted by molar-refractivity contribution is 5.26. The highest BCUT2D eigenvalue weighted by atomic mass is 15.3. The van der Waals surface area contributed by atoms with E-state index in [2.05, 4.69) is 61.9 Å². The summed E-state index contributed by atoms with van der Waals surface area (Å²) in [4.78, 5) is 4.91. The van der Waals surface area contributed by atoms with Crippen LogP contribution in [0, 0.1) is 0 Å². The average Bonchev–Trinajstić information content (AvgIpc) is 2.43. The van der Waals surface area contributed by atoms with E-state index in [1.165, 1.54) is 11.1 Å². The molecule has 0 aliphatic carbocycles. The van der Waals surface area contributed by atoms with Gasteiger partial charge in [0.2, 0.25) is 0 Å². The summed E-state index contributed by atoms with van der Waals surface area (Å²) in [6.45, 7) is 11.1. The van der Waals surface area contributed by atoms with Crippen molar-refractivity contribution in [2.75, 3.05) is 33.2 Å². The van der Waals surface area contributed by atoms with Gasteiger partial charge in [-0.05, 0) is 31.0 Å². The standard InChI is InChI=1S/C17H29N3/c1-13(2)15-5-7-16(8-6-15)17(18)12-20-10-9-19(4)14(3)11-20/h5-8,13-14,17H,9-12,18H2,1-4H3. The van der Waals surface area contributed by atoms with Crippen LogP contribution < -0.4 is 5.73 Å². The number of hydrogen-bond donors (Lipinski definition) is 1. The van der Waals surface area contributed by atoms with Gasteiger partial charge < -0.3 is 10.6 Å². The SMILES string of the molecule is CC(C)c1ccc(C(N)CN2CCN(C)C(C)C2)cc1. The van der Waals surface area contributed by atoms with E-state index < -0.39 is 0 Å². The summed E-state index contributed by atoms with van der Waals surface area (Å²) in [6, 6.07) is 9.56. The topological polar surface area (TPSA) is 32.5 Å². The van der Waals surface area contributed by atoms with Gasteiger partial charge in [0, 0.05) is 38.3 Å². The van der Waals surface area contributed by atoms with Gasteiger partial charge in [0.15, 0.2) is 0 Å². The molecule has 1 aliphatic heterocycles. The number of nitrogens with zero attached hydrogens (tertiary/aromatic N) is 2. The normalized spacial score (nSPS) is 23.2. The third-order valence-electron chi connectivity index (χ3n) is 4.53. The lowest BCUT2D eigenvalue weighted by Crippen LogP contribution is -2.51. The maximum atomic E-state index is 6.38. The van der Waals surface area contributed by atoms with Crippen molar-refractivity contribution >= 4 is 0 Å². The molecule has 1 aliphatic rings. The number of piperazine rings is 1. The third-order valence-corrected chi connectivity index (χ3v) is 4.53. The van der Waals surface area contributed by atoms with Gasteiger partial charge in [0.05, 0.1) is 0 Å². The molecule has 0 bridgehead atoms. The zero-order chi connectivity index (χ0) is 14.7. The van der Waals surface area contributed by atoms with Gasteiger partial charge in [-0.1, -0.05) is 38.1 Å². The first-order valence-corrected chi connectivity index (χ1v) is 7.75. The Labute approximate surface area is 123 Å². The van der Waals surface area contributed by atoms with E-state index in [-0.39, 0.29) is 6.04 Å². The third kappa shape index (κ3) is 3.81. The van der Waals surface area contributed by atoms with Gasteiger partial charge >= 0.3 is 0 Å². The summed E-state index contributed by atoms with van der Waals surface area (Å²) in [5, 5.41) is 0. The Morgan fingerprint density at radius 1 is 1.15 bits per heavy atom. The molecule has 0 amide bonds. The van der Waals surface area contributed by atoms with Crippen LogP contribution in [0.15, 0.2) is 24.3 Å². The van der Waals surface area contributed by atoms with Gasteiger partial charge in [-0.2, -0.15) is 0 Å². The summed E-state index contributed by atoms with van der Waals surface area (Å²) in [5.74, 6) is 0.582. The number of likely N-dealkylation sites (N-methyl/N-ethyl adjacent to an activating group) is 1. The van der Waals surface area contributed by atoms with E-state index in [0.29, 0.717) is 12.0 Å². The molecule has 2 N–H and O–H groups in total. The maximum absolute atomic E-state index is 6.38. The lowest BCUT2D eigenvalue weighted by Gasteiger charge is -2.38. The van der Waals surface area contributed by atoms with Gasteiger partial charge in [0.1, 0.15) is 0 Å². The van der Waals surface area contributed by atoms with Crippen LogP contribution >= 0.6 is 0 Å². The number of benzene rings is 1. The molecule has 3 heteroatoms. The highest BCUT2D eigenvalue weighted by Crippen LogP contribution is 2.19. The zero-order valence-corrected chi connectivity index (χ0v) is 13.3. The molecular weight excluding hydrogens is 246 g/mol. The predicted octanol–water partition coefficient (Wildman–Crippen LogP) is 2.45. The van der Waals surface area contributed by atoms with Gasteiger partial charge in [-0.15, -0.1) is 0 Å². The minimum absolute atomic E-state index is 0.117. The van der Waals surface area contributed by atoms with Crippen LogP contribution in [0.4, 0.5) is 0 Å². The monoisotopic (exact) mass is 275 g/mol. The quantitative estimate of drug-likeness (QED) is 0.916. The highest BCUT2D eigenvalue weighted by Gasteiger charge is 2.22. The van der Waals surface area contributed by atoms with Crippen LogP contribution in [-0.4, -0.2) is 49.1 Å². The van der Waals surface area contributed by atoms with Crippen LogP contribution in [0.5, 0.6) is 0 Å². The molecule has 2 unspecified atom stereocenters. The second kappa shape index (κ2) is 6.70. The summed E-state index contributed by atoms with van der Waals surface area (Å²) >= 11 is 0. The Morgan fingerprint density at radius 2 is 1.75 bits per heavy atom. The Morgan fingerprint density at radius 3 is 2.30 bits per heavy atom. The van der Waals surface area contributed by atoms with Gasteiger partial charge in [-0.3, -0.25) is 4.90 Å². The van der Waals surface area contributed by atoms with E-state index in [0.717, 1.165) is 26.2 Å². The summed E-state index contributed by atoms with van der Waals surface area (Å²) in [7, 11) is 2.20. The van der Waals surface area contributed by atoms with Crippen molar-refractivity contribution in [3.8, 4) is 0 Å². The minimum Gasteiger partial charge on any atom is -0.323 e. The smallest absolute Gasteiger partial charge is 0.0424 e. The van der Waals surface area contributed by atoms with Gasteiger partial charge in [-0.25, -0.2) is 0 Å². The molecule has 1 aromatic rings. The maximum Gasteiger partial charge on any atom is 0.0424 e. The second-order valence-corrected chi connectivity index (χ2v) is 6.52. The fourth-order valence-corrected chi connectivity index (χ4v) is 2.80. The second-order valence-electron chi connectivity index (χ2n) is 6.52. The molecule has 20 heavy (non-hydrogen) atoms. The van der Waals surface area contributed by atoms with Crippen LogP contribution in [0.3, 0.4) is 0 Å². The van der Waals surface area contributed by atoms with Crippen molar-refractivity contribution in [1.82, 2.24) is 9.80 Å². The van der Waals surface area contributed by atoms with E-state index in [1.807, 2.05) is 0 Å². The molecule has 2 rings (SSSR count). The molecule has 1 aromatic carbocycles. The summed E-state index contributed by atoms with van der Waals surface area (Å²) < 4.78 is 0. The molecule has 112 valence electrons. The van der Waals surface area contributed by atoms with Crippen LogP contribution in [0.1, 0.15) is 43.9 Å². The Balaban J connectivity index is 1.92. The fourth-order valence-electron chi connectivity index (χ4n) is 2.80. The van der Waals surface area contributed by atoms with Crippen molar-refractivity contribution in [3.63, 3.8) is 0 Å². The Hall–Kier alpha value is -0.900. The summed E-state index contributed by atoms with van der Waals surface area (Å²) in [5.41, 5.74) is 9.01. The van der Waals surface area contributed by atoms with E-state index in [9.17, 15) is 0 Å². The predicted molar refractivity (Wildman–Crippen MR) is 86.0 cm³/mol. The molecule has 2 atom stereocenters. The molecular formula is C17H29N3. The van der Waals surface area contributed by atoms with E-state index in [1.54, 1.807) is 0 Å². The molecule has 0 spiro atoms. The first-order chi connectivity index (χ1) is 9.47. The van der Waals surface area contributed by atoms with Crippen molar-refractivity contribution in [1.29, 1.82) is 0 Å². The Kier molecular flexibility index (Phi) is 5.19. The van der Waals surface area contributed by atoms with E-state index in [4.69, 9.17) is 5.73 Å². The average molecular weight is 275 g/mol. The van der Waals surface area contributed by atoms with Crippen LogP contribution in [0.25, 0.3) is 0 Å². The van der Waals surface area contributed by atoms with Crippen molar-refractivity contribution in [3.05, 3.63) is 35.4 Å². The Bertz CT molecular complexity index is 413.